The lowest BCUT2D eigenvalue weighted by atomic mass is 9.82. The second-order valence-electron chi connectivity index (χ2n) is 20.6. The second kappa shape index (κ2) is 17.0. The van der Waals surface area contributed by atoms with Crippen LogP contribution in [0, 0.1) is 13.8 Å². The maximum absolute atomic E-state index is 6.16. The van der Waals surface area contributed by atoms with Gasteiger partial charge in [-0.05, 0) is 193 Å². The third-order valence-corrected chi connectivity index (χ3v) is 15.9. The molecule has 3 nitrogen and oxygen atoms in total. The van der Waals surface area contributed by atoms with Crippen molar-refractivity contribution in [3.8, 4) is 33.4 Å². The Balaban J connectivity index is 0.887. The van der Waals surface area contributed by atoms with E-state index in [1.165, 1.54) is 88.0 Å². The number of para-hydroxylation sites is 3. The highest BCUT2D eigenvalue weighted by atomic mass is 16.3. The van der Waals surface area contributed by atoms with Crippen molar-refractivity contribution in [2.45, 2.75) is 33.1 Å². The summed E-state index contributed by atoms with van der Waals surface area (Å²) in [5, 5.41) is 9.86. The van der Waals surface area contributed by atoms with Crippen LogP contribution in [0.15, 0.2) is 247 Å². The average molecular weight is 949 g/mol. The normalized spacial score (nSPS) is 12.7. The zero-order chi connectivity index (χ0) is 49.7. The van der Waals surface area contributed by atoms with Crippen LogP contribution in [0.3, 0.4) is 0 Å². The van der Waals surface area contributed by atoms with Crippen LogP contribution >= 0.6 is 0 Å². The van der Waals surface area contributed by atoms with E-state index in [1.807, 2.05) is 12.1 Å². The first-order valence-electron chi connectivity index (χ1n) is 25.7. The largest absolute Gasteiger partial charge is 0.456 e. The molecule has 0 fully saturated rings. The molecule has 0 aliphatic heterocycles. The molecule has 0 bridgehead atoms. The highest BCUT2D eigenvalue weighted by molar-refractivity contribution is 6.26. The van der Waals surface area contributed by atoms with Gasteiger partial charge in [0.1, 0.15) is 11.2 Å². The maximum Gasteiger partial charge on any atom is 0.135 e. The summed E-state index contributed by atoms with van der Waals surface area (Å²) in [7, 11) is 0. The number of rotatable bonds is 8. The molecule has 0 amide bonds. The summed E-state index contributed by atoms with van der Waals surface area (Å²) < 4.78 is 6.16. The minimum atomic E-state index is -0.276. The third kappa shape index (κ3) is 6.95. The standard InChI is InChI=1S/C71H52N2O/c1-45-39-47(48-28-38-70-66(41-48)64-25-15-16-26-69(64)74-70)27-33-55(45)56-34-29-51(40-46(56)2)73(52-30-35-61-59-23-12-11-21-57(59)58-22-13-14-24-60(58)65(61)42-52)54-32-37-63-62-36-31-53(43-67(62)71(3,4)68(63)44-54)72(49-17-7-5-8-18-49)50-19-9-6-10-20-50/h5-44H,1-4H3. The number of benzene rings is 12. The SMILES string of the molecule is Cc1cc(-c2ccc3oc4ccccc4c3c2)ccc1-c1ccc(N(c2ccc3c(c2)C(C)(C)c2cc(N(c4ccccc4)c4ccccc4)ccc2-3)c2ccc3c4ccccc4c4ccccc4c3c2)cc1C. The maximum atomic E-state index is 6.16. The van der Waals surface area contributed by atoms with Crippen molar-refractivity contribution < 1.29 is 4.42 Å². The molecule has 1 heterocycles. The molecule has 1 aliphatic carbocycles. The lowest BCUT2D eigenvalue weighted by molar-refractivity contribution is 0.660. The van der Waals surface area contributed by atoms with Crippen molar-refractivity contribution in [2.75, 3.05) is 9.80 Å². The van der Waals surface area contributed by atoms with Gasteiger partial charge in [-0.15, -0.1) is 0 Å². The van der Waals surface area contributed by atoms with Gasteiger partial charge in [-0.2, -0.15) is 0 Å². The van der Waals surface area contributed by atoms with Gasteiger partial charge in [0, 0.05) is 50.3 Å². The van der Waals surface area contributed by atoms with Gasteiger partial charge in [0.15, 0.2) is 0 Å². The fourth-order valence-electron chi connectivity index (χ4n) is 12.2. The van der Waals surface area contributed by atoms with E-state index < -0.39 is 0 Å². The fourth-order valence-corrected chi connectivity index (χ4v) is 12.2. The molecule has 0 atom stereocenters. The summed E-state index contributed by atoms with van der Waals surface area (Å²) in [6.45, 7) is 9.28. The number of hydrogen-bond acceptors (Lipinski definition) is 3. The van der Waals surface area contributed by atoms with Crippen LogP contribution in [0.5, 0.6) is 0 Å². The van der Waals surface area contributed by atoms with E-state index in [0.717, 1.165) is 56.1 Å². The van der Waals surface area contributed by atoms with E-state index in [9.17, 15) is 0 Å². The first-order chi connectivity index (χ1) is 36.3. The Morgan fingerprint density at radius 2 is 0.689 bits per heavy atom. The van der Waals surface area contributed by atoms with E-state index >= 15 is 0 Å². The molecule has 12 aromatic carbocycles. The number of aryl methyl sites for hydroxylation is 2. The summed E-state index contributed by atoms with van der Waals surface area (Å²) in [5.74, 6) is 0. The molecule has 0 radical (unpaired) electrons. The molecular weight excluding hydrogens is 897 g/mol. The van der Waals surface area contributed by atoms with E-state index in [-0.39, 0.29) is 5.41 Å². The van der Waals surface area contributed by atoms with Gasteiger partial charge in [-0.1, -0.05) is 166 Å². The molecule has 352 valence electrons. The molecule has 1 aliphatic rings. The zero-order valence-electron chi connectivity index (χ0n) is 41.9. The van der Waals surface area contributed by atoms with Crippen molar-refractivity contribution in [2.24, 2.45) is 0 Å². The van der Waals surface area contributed by atoms with Crippen LogP contribution in [0.1, 0.15) is 36.1 Å². The molecular formula is C71H52N2O. The highest BCUT2D eigenvalue weighted by Crippen LogP contribution is 2.53. The summed E-state index contributed by atoms with van der Waals surface area (Å²) in [5.41, 5.74) is 20.8. The van der Waals surface area contributed by atoms with Crippen molar-refractivity contribution in [3.63, 3.8) is 0 Å². The van der Waals surface area contributed by atoms with Crippen LogP contribution in [0.2, 0.25) is 0 Å². The first kappa shape index (κ1) is 43.6. The second-order valence-corrected chi connectivity index (χ2v) is 20.6. The third-order valence-electron chi connectivity index (χ3n) is 15.9. The van der Waals surface area contributed by atoms with Crippen molar-refractivity contribution in [3.05, 3.63) is 265 Å². The topological polar surface area (TPSA) is 19.6 Å². The minimum Gasteiger partial charge on any atom is -0.456 e. The molecule has 0 saturated heterocycles. The minimum absolute atomic E-state index is 0.276. The van der Waals surface area contributed by atoms with Crippen LogP contribution in [0.4, 0.5) is 34.1 Å². The summed E-state index contributed by atoms with van der Waals surface area (Å²) in [4.78, 5) is 4.84. The van der Waals surface area contributed by atoms with Crippen LogP contribution in [-0.2, 0) is 5.41 Å². The Morgan fingerprint density at radius 1 is 0.284 bits per heavy atom. The number of fused-ring (bicyclic) bond motifs is 12. The van der Waals surface area contributed by atoms with Crippen molar-refractivity contribution >= 4 is 88.4 Å². The predicted molar refractivity (Wildman–Crippen MR) is 314 cm³/mol. The monoisotopic (exact) mass is 948 g/mol. The van der Waals surface area contributed by atoms with Gasteiger partial charge in [0.05, 0.1) is 0 Å². The Hall–Kier alpha value is -9.18. The molecule has 14 rings (SSSR count). The van der Waals surface area contributed by atoms with Crippen LogP contribution in [-0.4, -0.2) is 0 Å². The molecule has 0 spiro atoms. The molecule has 0 unspecified atom stereocenters. The highest BCUT2D eigenvalue weighted by Gasteiger charge is 2.37. The zero-order valence-corrected chi connectivity index (χ0v) is 41.9. The van der Waals surface area contributed by atoms with Crippen molar-refractivity contribution in [1.82, 2.24) is 0 Å². The molecule has 13 aromatic rings. The van der Waals surface area contributed by atoms with Gasteiger partial charge in [0.2, 0.25) is 0 Å². The Labute approximate surface area is 431 Å². The van der Waals surface area contributed by atoms with E-state index in [0.29, 0.717) is 0 Å². The predicted octanol–water partition coefficient (Wildman–Crippen LogP) is 20.2. The van der Waals surface area contributed by atoms with E-state index in [2.05, 4.69) is 268 Å². The first-order valence-corrected chi connectivity index (χ1v) is 25.7. The Bertz CT molecular complexity index is 4300. The number of anilines is 6. The Morgan fingerprint density at radius 3 is 1.27 bits per heavy atom. The quantitative estimate of drug-likeness (QED) is 0.142. The lowest BCUT2D eigenvalue weighted by Gasteiger charge is -2.30. The smallest absolute Gasteiger partial charge is 0.135 e. The van der Waals surface area contributed by atoms with Gasteiger partial charge < -0.3 is 14.2 Å². The van der Waals surface area contributed by atoms with Gasteiger partial charge in [-0.25, -0.2) is 0 Å². The number of hydrogen-bond donors (Lipinski definition) is 0. The Kier molecular flexibility index (Phi) is 10.00. The molecule has 74 heavy (non-hydrogen) atoms. The average Bonchev–Trinajstić information content (AvgIpc) is 3.95. The van der Waals surface area contributed by atoms with Gasteiger partial charge in [0.25, 0.3) is 0 Å². The molecule has 1 aromatic heterocycles. The molecule has 0 N–H and O–H groups in total. The fraction of sp³-hybridized carbons (Fsp3) is 0.0704. The molecule has 0 saturated carbocycles. The van der Waals surface area contributed by atoms with Crippen molar-refractivity contribution in [1.29, 1.82) is 0 Å². The van der Waals surface area contributed by atoms with Gasteiger partial charge >= 0.3 is 0 Å². The number of nitrogens with zero attached hydrogens (tertiary/aromatic N) is 2. The van der Waals surface area contributed by atoms with Crippen LogP contribution in [0.25, 0.3) is 87.6 Å². The summed E-state index contributed by atoms with van der Waals surface area (Å²) in [6.07, 6.45) is 0. The summed E-state index contributed by atoms with van der Waals surface area (Å²) >= 11 is 0. The number of furan rings is 1. The lowest BCUT2D eigenvalue weighted by Crippen LogP contribution is -2.17. The van der Waals surface area contributed by atoms with Gasteiger partial charge in [-0.3, -0.25) is 0 Å². The van der Waals surface area contributed by atoms with Crippen LogP contribution < -0.4 is 9.80 Å². The van der Waals surface area contributed by atoms with E-state index in [4.69, 9.17) is 4.42 Å². The van der Waals surface area contributed by atoms with E-state index in [1.54, 1.807) is 0 Å². The molecule has 3 heteroatoms. The summed E-state index contributed by atoms with van der Waals surface area (Å²) in [6, 6.07) is 89.1.